The highest BCUT2D eigenvalue weighted by atomic mass is 16.6. The molecule has 1 aliphatic carbocycles. The number of carbonyl (C=O) groups excluding carboxylic acids is 4. The van der Waals surface area contributed by atoms with Crippen LogP contribution in [0.1, 0.15) is 76.5 Å². The van der Waals surface area contributed by atoms with Gasteiger partial charge in [-0.25, -0.2) is 4.79 Å². The molecule has 0 aromatic heterocycles. The smallest absolute Gasteiger partial charge is 0.408 e. The first-order valence-corrected chi connectivity index (χ1v) is 12.7. The summed E-state index contributed by atoms with van der Waals surface area (Å²) in [6.45, 7) is 8.09. The third-order valence-corrected chi connectivity index (χ3v) is 5.99. The zero-order chi connectivity index (χ0) is 27.6. The summed E-state index contributed by atoms with van der Waals surface area (Å²) in [5.41, 5.74) is 5.77. The number of primary amides is 1. The Morgan fingerprint density at radius 2 is 1.89 bits per heavy atom. The largest absolute Gasteiger partial charge is 0.444 e. The third-order valence-electron chi connectivity index (χ3n) is 5.99. The van der Waals surface area contributed by atoms with Crippen molar-refractivity contribution in [2.45, 2.75) is 83.0 Å². The lowest BCUT2D eigenvalue weighted by Gasteiger charge is -2.35. The summed E-state index contributed by atoms with van der Waals surface area (Å²) in [5, 5.41) is 15.3. The first kappa shape index (κ1) is 29.8. The molecule has 2 rings (SSSR count). The van der Waals surface area contributed by atoms with E-state index in [0.717, 1.165) is 37.7 Å². The predicted octanol–water partition coefficient (Wildman–Crippen LogP) is 2.41. The summed E-state index contributed by atoms with van der Waals surface area (Å²) in [6.07, 6.45) is 4.99. The topological polar surface area (TPSA) is 151 Å². The maximum atomic E-state index is 13.8. The van der Waals surface area contributed by atoms with Gasteiger partial charge in [-0.15, -0.1) is 0 Å². The molecular formula is C27H40N4O6. The maximum Gasteiger partial charge on any atom is 0.408 e. The molecule has 0 bridgehead atoms. The van der Waals surface area contributed by atoms with E-state index in [1.165, 1.54) is 4.90 Å². The molecule has 5 N–H and O–H groups in total. The van der Waals surface area contributed by atoms with Crippen LogP contribution in [-0.2, 0) is 19.1 Å². The van der Waals surface area contributed by atoms with Crippen molar-refractivity contribution in [3.63, 3.8) is 0 Å². The Morgan fingerprint density at radius 1 is 1.22 bits per heavy atom. The van der Waals surface area contributed by atoms with Crippen LogP contribution in [0, 0.1) is 0 Å². The number of benzene rings is 1. The Bertz CT molecular complexity index is 968. The first-order chi connectivity index (χ1) is 17.4. The van der Waals surface area contributed by atoms with E-state index in [2.05, 4.69) is 17.2 Å². The van der Waals surface area contributed by atoms with E-state index in [0.29, 0.717) is 5.56 Å². The second-order valence-electron chi connectivity index (χ2n) is 10.2. The zero-order valence-corrected chi connectivity index (χ0v) is 22.0. The lowest BCUT2D eigenvalue weighted by Crippen LogP contribution is -2.55. The fourth-order valence-corrected chi connectivity index (χ4v) is 4.38. The number of ether oxygens (including phenoxy) is 1. The second-order valence-corrected chi connectivity index (χ2v) is 10.2. The number of alkyl carbamates (subject to hydrolysis) is 1. The fraction of sp³-hybridized carbons (Fsp3) is 0.556. The van der Waals surface area contributed by atoms with Crippen LogP contribution in [0.2, 0.25) is 0 Å². The van der Waals surface area contributed by atoms with E-state index in [9.17, 15) is 24.3 Å². The molecule has 0 spiro atoms. The lowest BCUT2D eigenvalue weighted by atomic mass is 9.94. The van der Waals surface area contributed by atoms with E-state index in [1.807, 2.05) is 6.07 Å². The van der Waals surface area contributed by atoms with E-state index in [-0.39, 0.29) is 12.6 Å². The predicted molar refractivity (Wildman–Crippen MR) is 140 cm³/mol. The molecule has 0 heterocycles. The molecule has 0 aliphatic heterocycles. The van der Waals surface area contributed by atoms with Gasteiger partial charge in [-0.3, -0.25) is 14.4 Å². The molecule has 204 valence electrons. The second kappa shape index (κ2) is 13.8. The highest BCUT2D eigenvalue weighted by molar-refractivity contribution is 5.94. The molecular weight excluding hydrogens is 476 g/mol. The number of aliphatic hydroxyl groups is 1. The SMILES string of the molecule is C=Cc1cccc(C(C(=O)NC2CCCCC2)N(CCO)C(=O)C(CC(N)=O)NC(=O)OC(C)(C)C)c1. The fourth-order valence-electron chi connectivity index (χ4n) is 4.38. The van der Waals surface area contributed by atoms with Crippen LogP contribution in [0.5, 0.6) is 0 Å². The monoisotopic (exact) mass is 516 g/mol. The van der Waals surface area contributed by atoms with E-state index in [1.54, 1.807) is 45.0 Å². The number of carbonyl (C=O) groups is 4. The normalized spacial score (nSPS) is 15.7. The number of nitrogens with two attached hydrogens (primary N) is 1. The highest BCUT2D eigenvalue weighted by Gasteiger charge is 2.37. The minimum Gasteiger partial charge on any atom is -0.444 e. The Balaban J connectivity index is 2.46. The van der Waals surface area contributed by atoms with Gasteiger partial charge in [0, 0.05) is 12.6 Å². The number of hydrogen-bond donors (Lipinski definition) is 4. The van der Waals surface area contributed by atoms with Crippen LogP contribution in [0.15, 0.2) is 30.8 Å². The van der Waals surface area contributed by atoms with Gasteiger partial charge in [-0.1, -0.05) is 50.1 Å². The minimum atomic E-state index is -1.40. The minimum absolute atomic E-state index is 0.0290. The molecule has 1 aromatic rings. The van der Waals surface area contributed by atoms with Crippen LogP contribution in [0.4, 0.5) is 4.79 Å². The van der Waals surface area contributed by atoms with Crippen molar-refractivity contribution in [2.24, 2.45) is 5.73 Å². The zero-order valence-electron chi connectivity index (χ0n) is 22.0. The molecule has 10 nitrogen and oxygen atoms in total. The van der Waals surface area contributed by atoms with Gasteiger partial charge >= 0.3 is 6.09 Å². The number of nitrogens with one attached hydrogen (secondary N) is 2. The standard InChI is InChI=1S/C27H40N4O6/c1-5-18-10-9-11-19(16-18)23(24(34)29-20-12-7-6-8-13-20)31(14-15-32)25(35)21(17-22(28)33)30-26(36)37-27(2,3)4/h5,9-11,16,20-21,23,32H,1,6-8,12-15,17H2,2-4H3,(H2,28,33)(H,29,34)(H,30,36). The van der Waals surface area contributed by atoms with Crippen LogP contribution in [0.3, 0.4) is 0 Å². The van der Waals surface area contributed by atoms with Crippen LogP contribution < -0.4 is 16.4 Å². The molecule has 2 atom stereocenters. The van der Waals surface area contributed by atoms with Gasteiger partial charge in [-0.2, -0.15) is 0 Å². The number of hydrogen-bond acceptors (Lipinski definition) is 6. The van der Waals surface area contributed by atoms with Crippen LogP contribution in [-0.4, -0.2) is 64.7 Å². The Labute approximate surface area is 218 Å². The third kappa shape index (κ3) is 9.53. The number of aliphatic hydroxyl groups excluding tert-OH is 1. The molecule has 37 heavy (non-hydrogen) atoms. The summed E-state index contributed by atoms with van der Waals surface area (Å²) < 4.78 is 5.25. The van der Waals surface area contributed by atoms with E-state index in [4.69, 9.17) is 10.5 Å². The number of rotatable bonds is 11. The molecule has 2 unspecified atom stereocenters. The van der Waals surface area contributed by atoms with Crippen molar-refractivity contribution in [2.75, 3.05) is 13.2 Å². The average molecular weight is 517 g/mol. The van der Waals surface area contributed by atoms with Crippen molar-refractivity contribution < 1.29 is 29.0 Å². The molecule has 1 aliphatic rings. The molecule has 1 aromatic carbocycles. The quantitative estimate of drug-likeness (QED) is 0.355. The summed E-state index contributed by atoms with van der Waals surface area (Å²) in [4.78, 5) is 52.9. The number of nitrogens with zero attached hydrogens (tertiary/aromatic N) is 1. The van der Waals surface area contributed by atoms with Crippen molar-refractivity contribution >= 4 is 29.9 Å². The molecule has 0 radical (unpaired) electrons. The van der Waals surface area contributed by atoms with E-state index < -0.39 is 54.5 Å². The van der Waals surface area contributed by atoms with Gasteiger partial charge in [-0.05, 0) is 50.8 Å². The summed E-state index contributed by atoms with van der Waals surface area (Å²) in [6, 6.07) is 4.45. The Kier molecular flexibility index (Phi) is 11.1. The van der Waals surface area contributed by atoms with Gasteiger partial charge in [0.25, 0.3) is 0 Å². The van der Waals surface area contributed by atoms with Crippen molar-refractivity contribution in [3.05, 3.63) is 42.0 Å². The molecule has 0 saturated heterocycles. The van der Waals surface area contributed by atoms with Crippen molar-refractivity contribution in [3.8, 4) is 0 Å². The van der Waals surface area contributed by atoms with Crippen LogP contribution >= 0.6 is 0 Å². The van der Waals surface area contributed by atoms with Gasteiger partial charge < -0.3 is 31.1 Å². The van der Waals surface area contributed by atoms with Gasteiger partial charge in [0.1, 0.15) is 17.7 Å². The molecule has 1 saturated carbocycles. The Morgan fingerprint density at radius 3 is 2.46 bits per heavy atom. The summed E-state index contributed by atoms with van der Waals surface area (Å²) in [5.74, 6) is -1.98. The van der Waals surface area contributed by atoms with Crippen LogP contribution in [0.25, 0.3) is 6.08 Å². The van der Waals surface area contributed by atoms with E-state index >= 15 is 0 Å². The highest BCUT2D eigenvalue weighted by Crippen LogP contribution is 2.26. The molecule has 10 heteroatoms. The lowest BCUT2D eigenvalue weighted by molar-refractivity contribution is -0.144. The number of amides is 4. The molecule has 1 fully saturated rings. The van der Waals surface area contributed by atoms with Gasteiger partial charge in [0.2, 0.25) is 17.7 Å². The van der Waals surface area contributed by atoms with Gasteiger partial charge in [0.15, 0.2) is 0 Å². The summed E-state index contributed by atoms with van der Waals surface area (Å²) in [7, 11) is 0. The van der Waals surface area contributed by atoms with Crippen molar-refractivity contribution in [1.82, 2.24) is 15.5 Å². The average Bonchev–Trinajstić information content (AvgIpc) is 2.82. The van der Waals surface area contributed by atoms with Gasteiger partial charge in [0.05, 0.1) is 13.0 Å². The Hall–Kier alpha value is -3.40. The first-order valence-electron chi connectivity index (χ1n) is 12.7. The maximum absolute atomic E-state index is 13.8. The van der Waals surface area contributed by atoms with Crippen molar-refractivity contribution in [1.29, 1.82) is 0 Å². The molecule has 4 amide bonds. The summed E-state index contributed by atoms with van der Waals surface area (Å²) >= 11 is 0.